The Morgan fingerprint density at radius 2 is 2.00 bits per heavy atom. The number of anilines is 1. The molecule has 0 fully saturated rings. The summed E-state index contributed by atoms with van der Waals surface area (Å²) >= 11 is 0. The summed E-state index contributed by atoms with van der Waals surface area (Å²) in [7, 11) is 0. The molecule has 0 atom stereocenters. The number of pyridine rings is 1. The van der Waals surface area contributed by atoms with E-state index >= 15 is 0 Å². The van der Waals surface area contributed by atoms with Gasteiger partial charge in [-0.25, -0.2) is 13.8 Å². The normalized spacial score (nSPS) is 14.4. The molecule has 4 heteroatoms. The molecule has 0 radical (unpaired) electrons. The number of nitrogens with two attached hydrogens (primary N) is 1. The summed E-state index contributed by atoms with van der Waals surface area (Å²) in [6, 6.07) is 2.59. The van der Waals surface area contributed by atoms with Crippen molar-refractivity contribution in [3.63, 3.8) is 0 Å². The zero-order valence-corrected chi connectivity index (χ0v) is 8.56. The first-order valence-corrected chi connectivity index (χ1v) is 5.23. The van der Waals surface area contributed by atoms with Crippen LogP contribution < -0.4 is 5.73 Å². The Morgan fingerprint density at radius 3 is 2.81 bits per heavy atom. The molecule has 1 aromatic carbocycles. The molecule has 16 heavy (non-hydrogen) atoms. The Kier molecular flexibility index (Phi) is 1.87. The van der Waals surface area contributed by atoms with Gasteiger partial charge in [-0.1, -0.05) is 0 Å². The summed E-state index contributed by atoms with van der Waals surface area (Å²) in [5.74, 6) is -1.78. The Hall–Kier alpha value is -1.71. The summed E-state index contributed by atoms with van der Waals surface area (Å²) < 4.78 is 26.6. The molecule has 1 aliphatic carbocycles. The van der Waals surface area contributed by atoms with Gasteiger partial charge in [0.2, 0.25) is 0 Å². The number of aryl methyl sites for hydroxylation is 1. The van der Waals surface area contributed by atoms with E-state index in [-0.39, 0.29) is 5.52 Å². The standard InChI is InChI=1S/C12H10F2N2/c13-8-5-4-7-11(15)6-2-1-3-9(6)16-12(7)10(8)14/h4-5H,1-3H2,(H2,15,16). The topological polar surface area (TPSA) is 38.9 Å². The van der Waals surface area contributed by atoms with E-state index in [1.165, 1.54) is 6.07 Å². The first-order chi connectivity index (χ1) is 7.68. The second-order valence-corrected chi connectivity index (χ2v) is 4.06. The van der Waals surface area contributed by atoms with Crippen LogP contribution in [0.5, 0.6) is 0 Å². The molecular formula is C12H10F2N2. The molecule has 1 aliphatic rings. The highest BCUT2D eigenvalue weighted by Crippen LogP contribution is 2.33. The fourth-order valence-electron chi connectivity index (χ4n) is 2.31. The van der Waals surface area contributed by atoms with Crippen molar-refractivity contribution in [3.05, 3.63) is 35.0 Å². The summed E-state index contributed by atoms with van der Waals surface area (Å²) in [5.41, 5.74) is 8.38. The first kappa shape index (κ1) is 9.51. The number of nitrogen functional groups attached to an aromatic ring is 1. The van der Waals surface area contributed by atoms with Crippen molar-refractivity contribution < 1.29 is 8.78 Å². The monoisotopic (exact) mass is 220 g/mol. The van der Waals surface area contributed by atoms with E-state index in [9.17, 15) is 8.78 Å². The minimum Gasteiger partial charge on any atom is -0.398 e. The molecule has 0 saturated carbocycles. The molecule has 3 rings (SSSR count). The van der Waals surface area contributed by atoms with E-state index in [4.69, 9.17) is 5.73 Å². The molecule has 0 saturated heterocycles. The van der Waals surface area contributed by atoms with Crippen LogP contribution in [0.3, 0.4) is 0 Å². The Balaban J connectivity index is 2.46. The van der Waals surface area contributed by atoms with Gasteiger partial charge in [0.05, 0.1) is 0 Å². The number of nitrogens with zero attached hydrogens (tertiary/aromatic N) is 1. The zero-order chi connectivity index (χ0) is 11.3. The van der Waals surface area contributed by atoms with Gasteiger partial charge in [0.1, 0.15) is 5.52 Å². The van der Waals surface area contributed by atoms with Crippen molar-refractivity contribution in [2.45, 2.75) is 19.3 Å². The maximum atomic E-state index is 13.6. The van der Waals surface area contributed by atoms with Crippen molar-refractivity contribution >= 4 is 16.6 Å². The molecular weight excluding hydrogens is 210 g/mol. The Bertz CT molecular complexity index is 593. The van der Waals surface area contributed by atoms with Crippen molar-refractivity contribution in [1.29, 1.82) is 0 Å². The van der Waals surface area contributed by atoms with Crippen LogP contribution in [0.2, 0.25) is 0 Å². The van der Waals surface area contributed by atoms with Crippen LogP contribution in [0, 0.1) is 11.6 Å². The van der Waals surface area contributed by atoms with Crippen molar-refractivity contribution in [1.82, 2.24) is 4.98 Å². The summed E-state index contributed by atoms with van der Waals surface area (Å²) in [6.07, 6.45) is 2.65. The van der Waals surface area contributed by atoms with E-state index in [1.807, 2.05) is 0 Å². The lowest BCUT2D eigenvalue weighted by atomic mass is 10.1. The van der Waals surface area contributed by atoms with E-state index in [0.29, 0.717) is 11.1 Å². The van der Waals surface area contributed by atoms with Crippen LogP contribution in [0.4, 0.5) is 14.5 Å². The number of benzene rings is 1. The van der Waals surface area contributed by atoms with E-state index < -0.39 is 11.6 Å². The smallest absolute Gasteiger partial charge is 0.185 e. The fourth-order valence-corrected chi connectivity index (χ4v) is 2.31. The minimum atomic E-state index is -0.904. The predicted octanol–water partition coefficient (Wildman–Crippen LogP) is 2.58. The molecule has 0 amide bonds. The molecule has 0 spiro atoms. The number of aromatic nitrogens is 1. The zero-order valence-electron chi connectivity index (χ0n) is 8.56. The Morgan fingerprint density at radius 1 is 1.19 bits per heavy atom. The summed E-state index contributed by atoms with van der Waals surface area (Å²) in [5, 5.41) is 0.513. The minimum absolute atomic E-state index is 0.0538. The average Bonchev–Trinajstić information content (AvgIpc) is 2.73. The third-order valence-corrected chi connectivity index (χ3v) is 3.12. The van der Waals surface area contributed by atoms with E-state index in [1.54, 1.807) is 0 Å². The second-order valence-electron chi connectivity index (χ2n) is 4.06. The highest BCUT2D eigenvalue weighted by Gasteiger charge is 2.20. The number of hydrogen-bond donors (Lipinski definition) is 1. The SMILES string of the molecule is Nc1c2c(nc3c(F)c(F)ccc13)CCC2. The summed E-state index contributed by atoms with van der Waals surface area (Å²) in [6.45, 7) is 0. The van der Waals surface area contributed by atoms with Gasteiger partial charge in [-0.05, 0) is 37.0 Å². The van der Waals surface area contributed by atoms with Crippen LogP contribution in [0.15, 0.2) is 12.1 Å². The van der Waals surface area contributed by atoms with Gasteiger partial charge in [-0.2, -0.15) is 0 Å². The van der Waals surface area contributed by atoms with Crippen molar-refractivity contribution in [2.75, 3.05) is 5.73 Å². The quantitative estimate of drug-likeness (QED) is 0.741. The number of halogens is 2. The van der Waals surface area contributed by atoms with Gasteiger partial charge in [-0.15, -0.1) is 0 Å². The molecule has 0 bridgehead atoms. The van der Waals surface area contributed by atoms with Gasteiger partial charge in [-0.3, -0.25) is 0 Å². The summed E-state index contributed by atoms with van der Waals surface area (Å²) in [4.78, 5) is 4.18. The molecule has 1 heterocycles. The number of rotatable bonds is 0. The third-order valence-electron chi connectivity index (χ3n) is 3.12. The molecule has 2 nitrogen and oxygen atoms in total. The molecule has 0 unspecified atom stereocenters. The average molecular weight is 220 g/mol. The Labute approximate surface area is 91.1 Å². The van der Waals surface area contributed by atoms with Gasteiger partial charge in [0.15, 0.2) is 11.6 Å². The lowest BCUT2D eigenvalue weighted by Crippen LogP contribution is -2.00. The lowest BCUT2D eigenvalue weighted by Gasteiger charge is -2.08. The fraction of sp³-hybridized carbons (Fsp3) is 0.250. The molecule has 0 aliphatic heterocycles. The van der Waals surface area contributed by atoms with Crippen LogP contribution >= 0.6 is 0 Å². The van der Waals surface area contributed by atoms with Crippen LogP contribution in [-0.4, -0.2) is 4.98 Å². The second kappa shape index (κ2) is 3.14. The van der Waals surface area contributed by atoms with Gasteiger partial charge >= 0.3 is 0 Å². The maximum Gasteiger partial charge on any atom is 0.185 e. The van der Waals surface area contributed by atoms with Crippen LogP contribution in [0.1, 0.15) is 17.7 Å². The highest BCUT2D eigenvalue weighted by molar-refractivity contribution is 5.92. The van der Waals surface area contributed by atoms with E-state index in [0.717, 1.165) is 36.6 Å². The number of hydrogen-bond acceptors (Lipinski definition) is 2. The van der Waals surface area contributed by atoms with Gasteiger partial charge in [0.25, 0.3) is 0 Å². The predicted molar refractivity (Wildman–Crippen MR) is 58.1 cm³/mol. The first-order valence-electron chi connectivity index (χ1n) is 5.23. The highest BCUT2D eigenvalue weighted by atomic mass is 19.2. The lowest BCUT2D eigenvalue weighted by molar-refractivity contribution is 0.515. The molecule has 1 aromatic heterocycles. The van der Waals surface area contributed by atoms with Crippen molar-refractivity contribution in [2.24, 2.45) is 0 Å². The molecule has 2 N–H and O–H groups in total. The van der Waals surface area contributed by atoms with Crippen LogP contribution in [0.25, 0.3) is 10.9 Å². The number of fused-ring (bicyclic) bond motifs is 2. The van der Waals surface area contributed by atoms with Gasteiger partial charge < -0.3 is 5.73 Å². The van der Waals surface area contributed by atoms with Crippen LogP contribution in [-0.2, 0) is 12.8 Å². The van der Waals surface area contributed by atoms with Gasteiger partial charge in [0, 0.05) is 16.8 Å². The maximum absolute atomic E-state index is 13.6. The molecule has 2 aromatic rings. The largest absolute Gasteiger partial charge is 0.398 e. The third kappa shape index (κ3) is 1.13. The van der Waals surface area contributed by atoms with E-state index in [2.05, 4.69) is 4.98 Å². The molecule has 82 valence electrons. The van der Waals surface area contributed by atoms with Crippen molar-refractivity contribution in [3.8, 4) is 0 Å².